The summed E-state index contributed by atoms with van der Waals surface area (Å²) in [4.78, 5) is 23.3. The largest absolute Gasteiger partial charge is 0.326 e. The predicted octanol–water partition coefficient (Wildman–Crippen LogP) is 5.31. The van der Waals surface area contributed by atoms with E-state index in [1.165, 1.54) is 44.1 Å². The van der Waals surface area contributed by atoms with Crippen LogP contribution in [0.25, 0.3) is 0 Å². The molecule has 2 atom stereocenters. The fraction of sp³-hybridized carbons (Fsp3) is 0.704. The van der Waals surface area contributed by atoms with Gasteiger partial charge in [0.2, 0.25) is 11.8 Å². The number of unbranched alkanes of at least 4 members (excludes halogenated alkanes) is 3. The van der Waals surface area contributed by atoms with E-state index in [0.717, 1.165) is 43.8 Å². The first kappa shape index (κ1) is 24.2. The van der Waals surface area contributed by atoms with Gasteiger partial charge < -0.3 is 10.6 Å². The average molecular weight is 456 g/mol. The van der Waals surface area contributed by atoms with E-state index in [0.29, 0.717) is 23.7 Å². The minimum atomic E-state index is -0.353. The highest BCUT2D eigenvalue weighted by atomic mass is 16.5. The van der Waals surface area contributed by atoms with Crippen molar-refractivity contribution < 1.29 is 14.8 Å². The normalized spacial score (nSPS) is 32.0. The molecule has 0 aliphatic heterocycles. The third kappa shape index (κ3) is 6.15. The molecule has 4 bridgehead atoms. The summed E-state index contributed by atoms with van der Waals surface area (Å²) in [5.74, 6) is 0.560. The van der Waals surface area contributed by atoms with Crippen molar-refractivity contribution >= 4 is 17.5 Å². The first-order valence-corrected chi connectivity index (χ1v) is 12.8. The molecule has 6 heteroatoms. The highest BCUT2D eigenvalue weighted by Gasteiger charge is 2.59. The van der Waals surface area contributed by atoms with Crippen molar-refractivity contribution in [1.29, 1.82) is 0 Å². The van der Waals surface area contributed by atoms with Crippen molar-refractivity contribution in [3.8, 4) is 0 Å². The van der Waals surface area contributed by atoms with Crippen molar-refractivity contribution in [2.24, 2.45) is 16.7 Å². The van der Waals surface area contributed by atoms with Crippen LogP contribution < -0.4 is 16.1 Å². The number of rotatable bonds is 11. The van der Waals surface area contributed by atoms with Crippen molar-refractivity contribution in [3.05, 3.63) is 29.8 Å². The van der Waals surface area contributed by atoms with Crippen molar-refractivity contribution in [1.82, 2.24) is 10.8 Å². The van der Waals surface area contributed by atoms with Crippen LogP contribution >= 0.6 is 0 Å². The molecule has 1 aromatic rings. The topological polar surface area (TPSA) is 90.5 Å². The average Bonchev–Trinajstić information content (AvgIpc) is 2.72. The predicted molar refractivity (Wildman–Crippen MR) is 130 cm³/mol. The van der Waals surface area contributed by atoms with Crippen LogP contribution in [0.15, 0.2) is 24.3 Å². The number of hydroxylamine groups is 1. The Morgan fingerprint density at radius 2 is 1.61 bits per heavy atom. The van der Waals surface area contributed by atoms with Crippen molar-refractivity contribution in [2.75, 3.05) is 5.32 Å². The zero-order valence-electron chi connectivity index (χ0n) is 20.3. The first-order chi connectivity index (χ1) is 15.7. The van der Waals surface area contributed by atoms with Gasteiger partial charge >= 0.3 is 0 Å². The molecule has 4 N–H and O–H groups in total. The molecule has 2 amide bonds. The fourth-order valence-electron chi connectivity index (χ4n) is 7.90. The molecule has 2 unspecified atom stereocenters. The van der Waals surface area contributed by atoms with E-state index < -0.39 is 0 Å². The SMILES string of the molecule is CC12CC3CC(C)(C1)CC(NCc1cccc(NC(=O)CCCCCCC(=O)NO)c1)(C3)C2. The molecule has 4 saturated carbocycles. The molecular formula is C27H41N3O3. The van der Waals surface area contributed by atoms with E-state index >= 15 is 0 Å². The first-order valence-electron chi connectivity index (χ1n) is 12.8. The number of hydrogen-bond acceptors (Lipinski definition) is 4. The molecule has 1 aromatic carbocycles. The Morgan fingerprint density at radius 1 is 0.939 bits per heavy atom. The number of amides is 2. The second kappa shape index (κ2) is 9.75. The van der Waals surface area contributed by atoms with Crippen LogP contribution in [0.5, 0.6) is 0 Å². The fourth-order valence-corrected chi connectivity index (χ4v) is 7.90. The van der Waals surface area contributed by atoms with Gasteiger partial charge in [-0.25, -0.2) is 5.48 Å². The Balaban J connectivity index is 1.23. The maximum absolute atomic E-state index is 12.3. The third-order valence-electron chi connectivity index (χ3n) is 8.19. The van der Waals surface area contributed by atoms with Gasteiger partial charge in [0.25, 0.3) is 0 Å². The molecule has 0 spiro atoms. The number of hydrogen-bond donors (Lipinski definition) is 4. The second-order valence-electron chi connectivity index (χ2n) is 12.0. The van der Waals surface area contributed by atoms with E-state index in [1.54, 1.807) is 5.48 Å². The van der Waals surface area contributed by atoms with Gasteiger partial charge in [-0.2, -0.15) is 0 Å². The molecule has 4 aliphatic rings. The molecule has 182 valence electrons. The molecule has 4 fully saturated rings. The number of nitrogens with one attached hydrogen (secondary N) is 3. The van der Waals surface area contributed by atoms with Gasteiger partial charge in [-0.1, -0.05) is 38.8 Å². The molecular weight excluding hydrogens is 414 g/mol. The molecule has 0 aromatic heterocycles. The molecule has 4 aliphatic carbocycles. The Morgan fingerprint density at radius 3 is 2.24 bits per heavy atom. The van der Waals surface area contributed by atoms with Crippen LogP contribution in [0, 0.1) is 16.7 Å². The molecule has 0 heterocycles. The van der Waals surface area contributed by atoms with Gasteiger partial charge in [0, 0.05) is 30.6 Å². The van der Waals surface area contributed by atoms with Gasteiger partial charge in [-0.3, -0.25) is 14.8 Å². The van der Waals surface area contributed by atoms with Gasteiger partial charge in [-0.05, 0) is 85.8 Å². The lowest BCUT2D eigenvalue weighted by Crippen LogP contribution is -2.63. The Bertz CT molecular complexity index is 852. The summed E-state index contributed by atoms with van der Waals surface area (Å²) >= 11 is 0. The van der Waals surface area contributed by atoms with E-state index in [4.69, 9.17) is 5.21 Å². The zero-order valence-corrected chi connectivity index (χ0v) is 20.3. The van der Waals surface area contributed by atoms with Crippen LogP contribution in [0.2, 0.25) is 0 Å². The van der Waals surface area contributed by atoms with E-state index in [-0.39, 0.29) is 17.4 Å². The summed E-state index contributed by atoms with van der Waals surface area (Å²) in [6, 6.07) is 8.24. The summed E-state index contributed by atoms with van der Waals surface area (Å²) in [6.45, 7) is 5.87. The summed E-state index contributed by atoms with van der Waals surface area (Å²) in [5, 5.41) is 15.5. The molecule has 0 radical (unpaired) electrons. The third-order valence-corrected chi connectivity index (χ3v) is 8.19. The summed E-state index contributed by atoms with van der Waals surface area (Å²) < 4.78 is 0. The monoisotopic (exact) mass is 455 g/mol. The van der Waals surface area contributed by atoms with E-state index in [9.17, 15) is 9.59 Å². The minimum Gasteiger partial charge on any atom is -0.326 e. The number of anilines is 1. The summed E-state index contributed by atoms with van der Waals surface area (Å²) in [7, 11) is 0. The molecule has 33 heavy (non-hydrogen) atoms. The highest BCUT2D eigenvalue weighted by Crippen LogP contribution is 2.66. The highest BCUT2D eigenvalue weighted by molar-refractivity contribution is 5.90. The lowest BCUT2D eigenvalue weighted by atomic mass is 9.43. The van der Waals surface area contributed by atoms with Gasteiger partial charge in [0.05, 0.1) is 0 Å². The van der Waals surface area contributed by atoms with Crippen LogP contribution in [0.1, 0.15) is 96.5 Å². The van der Waals surface area contributed by atoms with E-state index in [1.807, 2.05) is 12.1 Å². The van der Waals surface area contributed by atoms with Crippen LogP contribution in [-0.2, 0) is 16.1 Å². The number of carbonyl (C=O) groups is 2. The second-order valence-corrected chi connectivity index (χ2v) is 12.0. The van der Waals surface area contributed by atoms with Gasteiger partial charge in [0.15, 0.2) is 0 Å². The number of benzene rings is 1. The van der Waals surface area contributed by atoms with Crippen LogP contribution in [0.3, 0.4) is 0 Å². The molecule has 0 saturated heterocycles. The van der Waals surface area contributed by atoms with Crippen LogP contribution in [-0.4, -0.2) is 22.6 Å². The Hall–Kier alpha value is -1.92. The summed E-state index contributed by atoms with van der Waals surface area (Å²) in [5.41, 5.74) is 5.01. The molecule has 6 nitrogen and oxygen atoms in total. The summed E-state index contributed by atoms with van der Waals surface area (Å²) in [6.07, 6.45) is 12.2. The minimum absolute atomic E-state index is 0.0372. The van der Waals surface area contributed by atoms with Crippen molar-refractivity contribution in [2.45, 2.75) is 103 Å². The molecule has 5 rings (SSSR count). The van der Waals surface area contributed by atoms with Crippen molar-refractivity contribution in [3.63, 3.8) is 0 Å². The Kier molecular flexibility index (Phi) is 7.15. The smallest absolute Gasteiger partial charge is 0.243 e. The zero-order chi connectivity index (χ0) is 23.5. The standard InChI is InChI=1S/C27H41N3O3/c1-25-13-21-14-26(2,17-25)19-27(15-21,18-25)28-16-20-8-7-9-22(12-20)29-23(31)10-5-3-4-6-11-24(32)30-33/h7-9,12,21,28,33H,3-6,10-11,13-19H2,1-2H3,(H,29,31)(H,30,32). The number of carbonyl (C=O) groups excluding carboxylic acids is 2. The van der Waals surface area contributed by atoms with Gasteiger partial charge in [0.1, 0.15) is 0 Å². The van der Waals surface area contributed by atoms with Crippen LogP contribution in [0.4, 0.5) is 5.69 Å². The lowest BCUT2D eigenvalue weighted by Gasteiger charge is -2.65. The lowest BCUT2D eigenvalue weighted by molar-refractivity contribution is -0.129. The van der Waals surface area contributed by atoms with E-state index in [2.05, 4.69) is 36.6 Å². The maximum Gasteiger partial charge on any atom is 0.243 e. The van der Waals surface area contributed by atoms with Gasteiger partial charge in [-0.15, -0.1) is 0 Å². The quantitative estimate of drug-likeness (QED) is 0.207. The Labute approximate surface area is 198 Å². The maximum atomic E-state index is 12.3.